The van der Waals surface area contributed by atoms with Crippen LogP contribution in [0.25, 0.3) is 0 Å². The molecule has 1 heterocycles. The van der Waals surface area contributed by atoms with Gasteiger partial charge in [0.25, 0.3) is 0 Å². The van der Waals surface area contributed by atoms with Crippen LogP contribution in [0, 0.1) is 5.92 Å². The Morgan fingerprint density at radius 3 is 2.90 bits per heavy atom. The molecule has 0 bridgehead atoms. The number of benzene rings is 1. The largest absolute Gasteiger partial charge is 0.492 e. The Morgan fingerprint density at radius 2 is 2.15 bits per heavy atom. The monoisotopic (exact) mass is 275 g/mol. The van der Waals surface area contributed by atoms with Crippen LogP contribution >= 0.6 is 0 Å². The van der Waals surface area contributed by atoms with Gasteiger partial charge < -0.3 is 4.74 Å². The van der Waals surface area contributed by atoms with Gasteiger partial charge in [0, 0.05) is 13.1 Å². The van der Waals surface area contributed by atoms with Crippen molar-refractivity contribution in [3.05, 3.63) is 29.8 Å². The highest BCUT2D eigenvalue weighted by molar-refractivity contribution is 5.35. The van der Waals surface area contributed by atoms with Crippen LogP contribution < -0.4 is 4.74 Å². The molecule has 0 aliphatic carbocycles. The molecule has 2 nitrogen and oxygen atoms in total. The van der Waals surface area contributed by atoms with E-state index < -0.39 is 0 Å². The quantitative estimate of drug-likeness (QED) is 0.767. The lowest BCUT2D eigenvalue weighted by molar-refractivity contribution is 0.153. The van der Waals surface area contributed by atoms with E-state index in [9.17, 15) is 0 Å². The smallest absolute Gasteiger partial charge is 0.122 e. The highest BCUT2D eigenvalue weighted by Gasteiger charge is 2.16. The van der Waals surface area contributed by atoms with Gasteiger partial charge in [0.2, 0.25) is 0 Å². The number of piperidine rings is 1. The van der Waals surface area contributed by atoms with Crippen molar-refractivity contribution in [3.8, 4) is 5.75 Å². The summed E-state index contributed by atoms with van der Waals surface area (Å²) in [5.41, 5.74) is 1.35. The highest BCUT2D eigenvalue weighted by Crippen LogP contribution is 2.28. The first-order chi connectivity index (χ1) is 9.70. The molecule has 0 aromatic heterocycles. The lowest BCUT2D eigenvalue weighted by Crippen LogP contribution is -2.37. The maximum atomic E-state index is 6.06. The third-order valence-electron chi connectivity index (χ3n) is 4.47. The maximum absolute atomic E-state index is 6.06. The summed E-state index contributed by atoms with van der Waals surface area (Å²) in [7, 11) is 0. The van der Waals surface area contributed by atoms with Gasteiger partial charge in [-0.2, -0.15) is 0 Å². The van der Waals surface area contributed by atoms with Gasteiger partial charge in [0.05, 0.1) is 0 Å². The summed E-state index contributed by atoms with van der Waals surface area (Å²) in [6.07, 6.45) is 3.88. The molecular formula is C18H29NO. The SMILES string of the molecule is CC[C@H](C)c1ccccc1OCCN1CCC[C@H](C)C1. The fourth-order valence-electron chi connectivity index (χ4n) is 3.01. The van der Waals surface area contributed by atoms with Crippen LogP contribution in [0.3, 0.4) is 0 Å². The van der Waals surface area contributed by atoms with E-state index in [1.807, 2.05) is 0 Å². The van der Waals surface area contributed by atoms with E-state index in [0.717, 1.165) is 31.2 Å². The van der Waals surface area contributed by atoms with E-state index in [4.69, 9.17) is 4.74 Å². The predicted octanol–water partition coefficient (Wildman–Crippen LogP) is 4.31. The fraction of sp³-hybridized carbons (Fsp3) is 0.667. The Bertz CT molecular complexity index is 404. The van der Waals surface area contributed by atoms with Gasteiger partial charge >= 0.3 is 0 Å². The highest BCUT2D eigenvalue weighted by atomic mass is 16.5. The van der Waals surface area contributed by atoms with Gasteiger partial charge in [-0.1, -0.05) is 39.0 Å². The van der Waals surface area contributed by atoms with Gasteiger partial charge in [-0.3, -0.25) is 4.90 Å². The molecule has 1 fully saturated rings. The second-order valence-electron chi connectivity index (χ2n) is 6.24. The molecule has 0 N–H and O–H groups in total. The van der Waals surface area contributed by atoms with E-state index in [1.165, 1.54) is 31.5 Å². The van der Waals surface area contributed by atoms with Crippen molar-refractivity contribution in [2.24, 2.45) is 5.92 Å². The van der Waals surface area contributed by atoms with Crippen LogP contribution in [0.2, 0.25) is 0 Å². The molecule has 1 aliphatic rings. The molecule has 0 spiro atoms. The number of nitrogens with zero attached hydrogens (tertiary/aromatic N) is 1. The fourth-order valence-corrected chi connectivity index (χ4v) is 3.01. The zero-order valence-electron chi connectivity index (χ0n) is 13.3. The van der Waals surface area contributed by atoms with Crippen molar-refractivity contribution in [1.82, 2.24) is 4.90 Å². The Balaban J connectivity index is 1.84. The minimum absolute atomic E-state index is 0.571. The Hall–Kier alpha value is -1.02. The zero-order chi connectivity index (χ0) is 14.4. The number of para-hydroxylation sites is 1. The number of rotatable bonds is 6. The standard InChI is InChI=1S/C18H29NO/c1-4-16(3)17-9-5-6-10-18(17)20-13-12-19-11-7-8-15(2)14-19/h5-6,9-10,15-16H,4,7-8,11-14H2,1-3H3/t15-,16-/m0/s1. The van der Waals surface area contributed by atoms with Crippen LogP contribution in [-0.2, 0) is 0 Å². The normalized spacial score (nSPS) is 21.6. The number of hydrogen-bond acceptors (Lipinski definition) is 2. The van der Waals surface area contributed by atoms with Gasteiger partial charge in [-0.05, 0) is 49.3 Å². The van der Waals surface area contributed by atoms with Crippen LogP contribution in [0.5, 0.6) is 5.75 Å². The Labute approximate surface area is 124 Å². The molecule has 2 rings (SSSR count). The lowest BCUT2D eigenvalue weighted by Gasteiger charge is -2.30. The van der Waals surface area contributed by atoms with Crippen molar-refractivity contribution in [2.75, 3.05) is 26.2 Å². The number of likely N-dealkylation sites (tertiary alicyclic amines) is 1. The van der Waals surface area contributed by atoms with E-state index in [1.54, 1.807) is 0 Å². The first kappa shape index (κ1) is 15.4. The minimum Gasteiger partial charge on any atom is -0.492 e. The molecule has 0 amide bonds. The molecule has 1 aromatic rings. The second kappa shape index (κ2) is 7.68. The van der Waals surface area contributed by atoms with Gasteiger partial charge in [0.1, 0.15) is 12.4 Å². The molecule has 0 saturated carbocycles. The van der Waals surface area contributed by atoms with Crippen molar-refractivity contribution in [1.29, 1.82) is 0 Å². The summed E-state index contributed by atoms with van der Waals surface area (Å²) >= 11 is 0. The van der Waals surface area contributed by atoms with Crippen molar-refractivity contribution in [3.63, 3.8) is 0 Å². The molecule has 0 unspecified atom stereocenters. The van der Waals surface area contributed by atoms with Crippen LogP contribution in [0.1, 0.15) is 51.5 Å². The summed E-state index contributed by atoms with van der Waals surface area (Å²) in [6.45, 7) is 11.2. The van der Waals surface area contributed by atoms with E-state index in [-0.39, 0.29) is 0 Å². The van der Waals surface area contributed by atoms with Crippen LogP contribution in [0.15, 0.2) is 24.3 Å². The second-order valence-corrected chi connectivity index (χ2v) is 6.24. The van der Waals surface area contributed by atoms with Gasteiger partial charge in [0.15, 0.2) is 0 Å². The van der Waals surface area contributed by atoms with Crippen molar-refractivity contribution in [2.45, 2.75) is 46.0 Å². The van der Waals surface area contributed by atoms with E-state index >= 15 is 0 Å². The van der Waals surface area contributed by atoms with E-state index in [2.05, 4.69) is 49.9 Å². The molecule has 112 valence electrons. The summed E-state index contributed by atoms with van der Waals surface area (Å²) < 4.78 is 6.06. The third kappa shape index (κ3) is 4.24. The Morgan fingerprint density at radius 1 is 1.35 bits per heavy atom. The Kier molecular flexibility index (Phi) is 5.90. The zero-order valence-corrected chi connectivity index (χ0v) is 13.3. The average Bonchev–Trinajstić information content (AvgIpc) is 2.47. The maximum Gasteiger partial charge on any atom is 0.122 e. The van der Waals surface area contributed by atoms with Gasteiger partial charge in [-0.25, -0.2) is 0 Å². The summed E-state index contributed by atoms with van der Waals surface area (Å²) in [5, 5.41) is 0. The van der Waals surface area contributed by atoms with Crippen molar-refractivity contribution < 1.29 is 4.74 Å². The van der Waals surface area contributed by atoms with Gasteiger partial charge in [-0.15, -0.1) is 0 Å². The molecule has 2 heteroatoms. The van der Waals surface area contributed by atoms with Crippen LogP contribution in [0.4, 0.5) is 0 Å². The molecular weight excluding hydrogens is 246 g/mol. The molecule has 1 aromatic carbocycles. The molecule has 0 radical (unpaired) electrons. The average molecular weight is 275 g/mol. The number of ether oxygens (including phenoxy) is 1. The number of hydrogen-bond donors (Lipinski definition) is 0. The lowest BCUT2D eigenvalue weighted by atomic mass is 9.98. The third-order valence-corrected chi connectivity index (χ3v) is 4.47. The van der Waals surface area contributed by atoms with Crippen LogP contribution in [-0.4, -0.2) is 31.1 Å². The minimum atomic E-state index is 0.571. The summed E-state index contributed by atoms with van der Waals surface area (Å²) in [4.78, 5) is 2.54. The topological polar surface area (TPSA) is 12.5 Å². The first-order valence-electron chi connectivity index (χ1n) is 8.14. The van der Waals surface area contributed by atoms with Crippen molar-refractivity contribution >= 4 is 0 Å². The van der Waals surface area contributed by atoms with E-state index in [0.29, 0.717) is 5.92 Å². The summed E-state index contributed by atoms with van der Waals surface area (Å²) in [5.74, 6) is 2.49. The molecule has 1 saturated heterocycles. The molecule has 2 atom stereocenters. The molecule has 1 aliphatic heterocycles. The first-order valence-corrected chi connectivity index (χ1v) is 8.14. The predicted molar refractivity (Wildman–Crippen MR) is 85.5 cm³/mol. The molecule has 20 heavy (non-hydrogen) atoms. The summed E-state index contributed by atoms with van der Waals surface area (Å²) in [6, 6.07) is 8.50.